The van der Waals surface area contributed by atoms with E-state index in [-0.39, 0.29) is 17.1 Å². The van der Waals surface area contributed by atoms with Crippen LogP contribution in [-0.2, 0) is 30.0 Å². The average molecular weight is 278 g/mol. The monoisotopic (exact) mass is 276 g/mol. The van der Waals surface area contributed by atoms with Crippen LogP contribution in [0, 0.1) is 0 Å². The molecular formula is C16H20Zn. The van der Waals surface area contributed by atoms with E-state index in [1.807, 2.05) is 0 Å². The molecule has 0 aromatic heterocycles. The molecule has 0 bridgehead atoms. The molecule has 0 atom stereocenters. The zero-order valence-corrected chi connectivity index (χ0v) is 14.0. The van der Waals surface area contributed by atoms with Crippen LogP contribution >= 0.6 is 0 Å². The first-order chi connectivity index (χ1) is 8.36. The van der Waals surface area contributed by atoms with Gasteiger partial charge >= 0.3 is 41.0 Å². The van der Waals surface area contributed by atoms with Gasteiger partial charge in [-0.05, 0) is 34.7 Å². The van der Waals surface area contributed by atoms with Gasteiger partial charge in [0, 0.05) is 0 Å². The zero-order valence-electron chi connectivity index (χ0n) is 11.0. The Kier molecular flexibility index (Phi) is 4.74. The first-order valence-corrected chi connectivity index (χ1v) is 11.1. The topological polar surface area (TPSA) is 0 Å². The van der Waals surface area contributed by atoms with Gasteiger partial charge in [0.25, 0.3) is 0 Å². The van der Waals surface area contributed by atoms with Gasteiger partial charge in [-0.25, -0.2) is 0 Å². The van der Waals surface area contributed by atoms with E-state index in [1.165, 1.54) is 44.8 Å². The van der Waals surface area contributed by atoms with Gasteiger partial charge in [-0.3, -0.25) is 0 Å². The Labute approximate surface area is 112 Å². The van der Waals surface area contributed by atoms with Crippen molar-refractivity contribution in [2.45, 2.75) is 36.7 Å². The molecular weight excluding hydrogens is 258 g/mol. The Balaban J connectivity index is 0.000000188. The standard InChI is InChI=1S/C12H10.2C2H5.Zn/c1-3-9-4-2-6-11-8-7-10(5-1)12(9)11;2*1-2;/h1-6H,7-8H2;2*1H2,2H3;. The summed E-state index contributed by atoms with van der Waals surface area (Å²) < 4.78 is 0. The van der Waals surface area contributed by atoms with Gasteiger partial charge < -0.3 is 0 Å². The molecule has 0 radical (unpaired) electrons. The molecule has 0 heterocycles. The summed E-state index contributed by atoms with van der Waals surface area (Å²) in [5, 5.41) is 5.98. The van der Waals surface area contributed by atoms with Crippen LogP contribution in [0.4, 0.5) is 0 Å². The number of rotatable bonds is 2. The van der Waals surface area contributed by atoms with Crippen LogP contribution in [-0.4, -0.2) is 0 Å². The van der Waals surface area contributed by atoms with Crippen LogP contribution in [0.1, 0.15) is 25.0 Å². The van der Waals surface area contributed by atoms with Crippen LogP contribution in [0.3, 0.4) is 0 Å². The van der Waals surface area contributed by atoms with Gasteiger partial charge in [-0.15, -0.1) is 0 Å². The van der Waals surface area contributed by atoms with Crippen LogP contribution in [0.25, 0.3) is 10.8 Å². The number of aryl methyl sites for hydroxylation is 2. The molecule has 1 aliphatic carbocycles. The molecule has 0 saturated heterocycles. The second kappa shape index (κ2) is 6.31. The maximum Gasteiger partial charge on any atom is -0.0120 e. The summed E-state index contributed by atoms with van der Waals surface area (Å²) in [7, 11) is 0. The molecule has 0 nitrogen and oxygen atoms in total. The van der Waals surface area contributed by atoms with Crippen LogP contribution in [0.5, 0.6) is 0 Å². The first kappa shape index (κ1) is 12.8. The Morgan fingerprint density at radius 2 is 1.41 bits per heavy atom. The van der Waals surface area contributed by atoms with Crippen molar-refractivity contribution in [1.29, 1.82) is 0 Å². The molecule has 1 heteroatoms. The largest absolute Gasteiger partial charge is 0.0614 e. The molecule has 0 aliphatic heterocycles. The van der Waals surface area contributed by atoms with E-state index in [1.54, 1.807) is 0 Å². The van der Waals surface area contributed by atoms with E-state index in [4.69, 9.17) is 0 Å². The fourth-order valence-electron chi connectivity index (χ4n) is 2.54. The van der Waals surface area contributed by atoms with Crippen LogP contribution in [0.2, 0.25) is 10.0 Å². The van der Waals surface area contributed by atoms with Crippen molar-refractivity contribution in [2.24, 2.45) is 0 Å². The Bertz CT molecular complexity index is 447. The number of benzene rings is 2. The Hall–Kier alpha value is -0.677. The maximum atomic E-state index is 2.30. The van der Waals surface area contributed by atoms with E-state index in [9.17, 15) is 0 Å². The third kappa shape index (κ3) is 2.96. The fourth-order valence-corrected chi connectivity index (χ4v) is 4.02. The van der Waals surface area contributed by atoms with E-state index in [2.05, 4.69) is 50.2 Å². The number of hydrogen-bond acceptors (Lipinski definition) is 0. The summed E-state index contributed by atoms with van der Waals surface area (Å²) in [5.41, 5.74) is 3.06. The van der Waals surface area contributed by atoms with Crippen molar-refractivity contribution >= 4 is 10.8 Å². The molecule has 0 unspecified atom stereocenters. The molecule has 1 aliphatic rings. The summed E-state index contributed by atoms with van der Waals surface area (Å²) in [6, 6.07) is 13.2. The van der Waals surface area contributed by atoms with Crippen molar-refractivity contribution in [3.63, 3.8) is 0 Å². The van der Waals surface area contributed by atoms with Crippen molar-refractivity contribution < 1.29 is 17.1 Å². The first-order valence-electron chi connectivity index (χ1n) is 6.86. The predicted molar refractivity (Wildman–Crippen MR) is 72.3 cm³/mol. The number of hydrogen-bond donors (Lipinski definition) is 0. The van der Waals surface area contributed by atoms with Gasteiger partial charge in [0.2, 0.25) is 0 Å². The van der Waals surface area contributed by atoms with Gasteiger partial charge in [0.05, 0.1) is 0 Å². The SMILES string of the molecule is C[CH2][Zn][CH2]C.c1cc2c3c(cccc3c1)CC2. The third-order valence-corrected chi connectivity index (χ3v) is 6.42. The molecule has 17 heavy (non-hydrogen) atoms. The Morgan fingerprint density at radius 3 is 1.82 bits per heavy atom. The van der Waals surface area contributed by atoms with Crippen molar-refractivity contribution in [3.05, 3.63) is 47.5 Å². The van der Waals surface area contributed by atoms with Gasteiger partial charge in [-0.1, -0.05) is 36.4 Å². The molecule has 2 aromatic carbocycles. The van der Waals surface area contributed by atoms with Crippen molar-refractivity contribution in [1.82, 2.24) is 0 Å². The quantitative estimate of drug-likeness (QED) is 0.686. The molecule has 0 amide bonds. The van der Waals surface area contributed by atoms with E-state index >= 15 is 0 Å². The average Bonchev–Trinajstić information content (AvgIpc) is 2.78. The minimum absolute atomic E-state index is 0.0972. The molecule has 3 rings (SSSR count). The minimum atomic E-state index is 0.0972. The Morgan fingerprint density at radius 1 is 0.882 bits per heavy atom. The second-order valence-electron chi connectivity index (χ2n) is 4.79. The maximum absolute atomic E-state index is 2.30. The summed E-state index contributed by atoms with van der Waals surface area (Å²) in [6.07, 6.45) is 2.47. The van der Waals surface area contributed by atoms with E-state index in [0.29, 0.717) is 0 Å². The van der Waals surface area contributed by atoms with Gasteiger partial charge in [-0.2, -0.15) is 0 Å². The normalized spacial score (nSPS) is 11.9. The van der Waals surface area contributed by atoms with Crippen LogP contribution < -0.4 is 0 Å². The molecule has 0 saturated carbocycles. The molecule has 86 valence electrons. The summed E-state index contributed by atoms with van der Waals surface area (Å²) in [6.45, 7) is 4.59. The van der Waals surface area contributed by atoms with E-state index in [0.717, 1.165) is 0 Å². The van der Waals surface area contributed by atoms with Gasteiger partial charge in [0.15, 0.2) is 0 Å². The molecule has 2 aromatic rings. The van der Waals surface area contributed by atoms with Crippen molar-refractivity contribution in [3.8, 4) is 0 Å². The van der Waals surface area contributed by atoms with Gasteiger partial charge in [0.1, 0.15) is 0 Å². The summed E-state index contributed by atoms with van der Waals surface area (Å²) >= 11 is 0.0972. The molecule has 0 spiro atoms. The summed E-state index contributed by atoms with van der Waals surface area (Å²) in [4.78, 5) is 0. The van der Waals surface area contributed by atoms with Crippen LogP contribution in [0.15, 0.2) is 36.4 Å². The second-order valence-corrected chi connectivity index (χ2v) is 10.5. The smallest absolute Gasteiger partial charge is 0.0120 e. The molecule has 0 fully saturated rings. The summed E-state index contributed by atoms with van der Waals surface area (Å²) in [5.74, 6) is 0. The van der Waals surface area contributed by atoms with E-state index < -0.39 is 0 Å². The van der Waals surface area contributed by atoms with Crippen molar-refractivity contribution in [2.75, 3.05) is 0 Å². The zero-order chi connectivity index (χ0) is 12.1. The third-order valence-electron chi connectivity index (χ3n) is 3.45. The minimum Gasteiger partial charge on any atom is -0.0614 e. The fraction of sp³-hybridized carbons (Fsp3) is 0.375. The molecule has 0 N–H and O–H groups in total. The predicted octanol–water partition coefficient (Wildman–Crippen LogP) is 4.88.